The van der Waals surface area contributed by atoms with Gasteiger partial charge >= 0.3 is 0 Å². The van der Waals surface area contributed by atoms with Crippen LogP contribution in [0.25, 0.3) is 0 Å². The third-order valence-corrected chi connectivity index (χ3v) is 3.54. The highest BCUT2D eigenvalue weighted by atomic mass is 35.5. The first-order valence-corrected chi connectivity index (χ1v) is 6.26. The van der Waals surface area contributed by atoms with E-state index < -0.39 is 0 Å². The van der Waals surface area contributed by atoms with Crippen LogP contribution in [0.1, 0.15) is 17.0 Å². The summed E-state index contributed by atoms with van der Waals surface area (Å²) in [7, 11) is 0. The molecule has 0 saturated carbocycles. The Morgan fingerprint density at radius 2 is 1.78 bits per heavy atom. The second-order valence-electron chi connectivity index (χ2n) is 4.45. The quantitative estimate of drug-likeness (QED) is 0.831. The molecule has 2 aromatic rings. The van der Waals surface area contributed by atoms with E-state index in [4.69, 9.17) is 11.6 Å². The molecular formula is C15H12ClNO. The molecule has 3 heteroatoms. The molecule has 1 amide bonds. The summed E-state index contributed by atoms with van der Waals surface area (Å²) in [6, 6.07) is 15.4. The highest BCUT2D eigenvalue weighted by molar-refractivity contribution is 6.30. The van der Waals surface area contributed by atoms with Crippen molar-refractivity contribution in [1.29, 1.82) is 0 Å². The molecule has 0 fully saturated rings. The van der Waals surface area contributed by atoms with E-state index in [-0.39, 0.29) is 11.8 Å². The number of anilines is 1. The summed E-state index contributed by atoms with van der Waals surface area (Å²) in [5, 5.41) is 3.64. The van der Waals surface area contributed by atoms with Gasteiger partial charge in [0.2, 0.25) is 5.91 Å². The van der Waals surface area contributed by atoms with Gasteiger partial charge in [-0.05, 0) is 35.7 Å². The van der Waals surface area contributed by atoms with Gasteiger partial charge in [-0.3, -0.25) is 4.79 Å². The first-order chi connectivity index (χ1) is 8.74. The standard InChI is InChI=1S/C15H12ClNO/c16-12-7-5-10(6-8-12)13-9-11-3-1-2-4-14(11)17-15(13)18/h1-8,13H,9H2,(H,17,18). The van der Waals surface area contributed by atoms with Crippen molar-refractivity contribution in [3.05, 3.63) is 64.7 Å². The highest BCUT2D eigenvalue weighted by Gasteiger charge is 2.26. The minimum Gasteiger partial charge on any atom is -0.325 e. The maximum absolute atomic E-state index is 12.1. The first-order valence-electron chi connectivity index (χ1n) is 5.88. The van der Waals surface area contributed by atoms with Gasteiger partial charge in [-0.15, -0.1) is 0 Å². The molecule has 1 N–H and O–H groups in total. The normalized spacial score (nSPS) is 18.1. The van der Waals surface area contributed by atoms with E-state index in [1.165, 1.54) is 5.56 Å². The molecule has 18 heavy (non-hydrogen) atoms. The van der Waals surface area contributed by atoms with Gasteiger partial charge in [0.1, 0.15) is 0 Å². The summed E-state index contributed by atoms with van der Waals surface area (Å²) in [6.45, 7) is 0. The van der Waals surface area contributed by atoms with E-state index in [0.29, 0.717) is 5.02 Å². The van der Waals surface area contributed by atoms with Gasteiger partial charge in [0.15, 0.2) is 0 Å². The Bertz CT molecular complexity index is 592. The Morgan fingerprint density at radius 1 is 1.06 bits per heavy atom. The third kappa shape index (κ3) is 2.00. The van der Waals surface area contributed by atoms with Crippen molar-refractivity contribution in [2.45, 2.75) is 12.3 Å². The van der Waals surface area contributed by atoms with Gasteiger partial charge < -0.3 is 5.32 Å². The lowest BCUT2D eigenvalue weighted by atomic mass is 9.87. The predicted octanol–water partition coefficient (Wildman–Crippen LogP) is 3.62. The Labute approximate surface area is 111 Å². The van der Waals surface area contributed by atoms with E-state index in [2.05, 4.69) is 11.4 Å². The zero-order valence-electron chi connectivity index (χ0n) is 9.69. The fraction of sp³-hybridized carbons (Fsp3) is 0.133. The van der Waals surface area contributed by atoms with Crippen LogP contribution >= 0.6 is 11.6 Å². The highest BCUT2D eigenvalue weighted by Crippen LogP contribution is 2.31. The summed E-state index contributed by atoms with van der Waals surface area (Å²) < 4.78 is 0. The summed E-state index contributed by atoms with van der Waals surface area (Å²) in [4.78, 5) is 12.1. The number of carbonyl (C=O) groups is 1. The van der Waals surface area contributed by atoms with E-state index >= 15 is 0 Å². The van der Waals surface area contributed by atoms with Crippen molar-refractivity contribution in [2.24, 2.45) is 0 Å². The number of halogens is 1. The van der Waals surface area contributed by atoms with Crippen LogP contribution in [0.3, 0.4) is 0 Å². The third-order valence-electron chi connectivity index (χ3n) is 3.29. The van der Waals surface area contributed by atoms with Gasteiger partial charge in [0.05, 0.1) is 5.92 Å². The van der Waals surface area contributed by atoms with E-state index in [1.807, 2.05) is 42.5 Å². The van der Waals surface area contributed by atoms with Gasteiger partial charge in [0, 0.05) is 10.7 Å². The van der Waals surface area contributed by atoms with Crippen molar-refractivity contribution in [3.63, 3.8) is 0 Å². The topological polar surface area (TPSA) is 29.1 Å². The van der Waals surface area contributed by atoms with Gasteiger partial charge in [-0.1, -0.05) is 41.9 Å². The zero-order chi connectivity index (χ0) is 12.5. The summed E-state index contributed by atoms with van der Waals surface area (Å²) in [5.41, 5.74) is 3.11. The SMILES string of the molecule is O=C1Nc2ccccc2CC1c1ccc(Cl)cc1. The number of hydrogen-bond donors (Lipinski definition) is 1. The van der Waals surface area contributed by atoms with Crippen molar-refractivity contribution in [3.8, 4) is 0 Å². The number of carbonyl (C=O) groups excluding carboxylic acids is 1. The van der Waals surface area contributed by atoms with E-state index in [9.17, 15) is 4.79 Å². The second kappa shape index (κ2) is 4.46. The van der Waals surface area contributed by atoms with Crippen LogP contribution in [0.2, 0.25) is 5.02 Å². The Morgan fingerprint density at radius 3 is 2.56 bits per heavy atom. The monoisotopic (exact) mass is 257 g/mol. The molecule has 1 atom stereocenters. The number of para-hydroxylation sites is 1. The fourth-order valence-electron chi connectivity index (χ4n) is 2.32. The Kier molecular flexibility index (Phi) is 2.80. The molecule has 0 aliphatic carbocycles. The van der Waals surface area contributed by atoms with Crippen molar-refractivity contribution in [1.82, 2.24) is 0 Å². The average molecular weight is 258 g/mol. The molecule has 90 valence electrons. The summed E-state index contributed by atoms with van der Waals surface area (Å²) in [5.74, 6) is -0.0758. The maximum atomic E-state index is 12.1. The molecule has 1 unspecified atom stereocenters. The smallest absolute Gasteiger partial charge is 0.232 e. The van der Waals surface area contributed by atoms with Gasteiger partial charge in [-0.25, -0.2) is 0 Å². The average Bonchev–Trinajstić information content (AvgIpc) is 2.39. The van der Waals surface area contributed by atoms with Crippen molar-refractivity contribution in [2.75, 3.05) is 5.32 Å². The molecule has 2 nitrogen and oxygen atoms in total. The summed E-state index contributed by atoms with van der Waals surface area (Å²) in [6.07, 6.45) is 0.740. The van der Waals surface area contributed by atoms with Crippen LogP contribution in [0.15, 0.2) is 48.5 Å². The molecule has 3 rings (SSSR count). The van der Waals surface area contributed by atoms with Crippen molar-refractivity contribution >= 4 is 23.2 Å². The van der Waals surface area contributed by atoms with Gasteiger partial charge in [-0.2, -0.15) is 0 Å². The first kappa shape index (κ1) is 11.3. The predicted molar refractivity (Wildman–Crippen MR) is 73.0 cm³/mol. The fourth-order valence-corrected chi connectivity index (χ4v) is 2.44. The molecule has 1 aliphatic rings. The number of rotatable bonds is 1. The molecule has 0 spiro atoms. The molecule has 0 saturated heterocycles. The molecule has 1 aliphatic heterocycles. The zero-order valence-corrected chi connectivity index (χ0v) is 10.4. The number of fused-ring (bicyclic) bond motifs is 1. The Hall–Kier alpha value is -1.80. The van der Waals surface area contributed by atoms with Crippen LogP contribution in [-0.2, 0) is 11.2 Å². The lowest BCUT2D eigenvalue weighted by Crippen LogP contribution is -2.28. The Balaban J connectivity index is 1.95. The largest absolute Gasteiger partial charge is 0.325 e. The lowest BCUT2D eigenvalue weighted by Gasteiger charge is -2.24. The maximum Gasteiger partial charge on any atom is 0.232 e. The summed E-state index contributed by atoms with van der Waals surface area (Å²) >= 11 is 5.87. The van der Waals surface area contributed by atoms with Gasteiger partial charge in [0.25, 0.3) is 0 Å². The number of hydrogen-bond acceptors (Lipinski definition) is 1. The van der Waals surface area contributed by atoms with Crippen molar-refractivity contribution < 1.29 is 4.79 Å². The van der Waals surface area contributed by atoms with E-state index in [0.717, 1.165) is 17.7 Å². The van der Waals surface area contributed by atoms with Crippen LogP contribution < -0.4 is 5.32 Å². The van der Waals surface area contributed by atoms with Crippen LogP contribution in [0.4, 0.5) is 5.69 Å². The molecule has 0 aromatic heterocycles. The molecule has 2 aromatic carbocycles. The molecule has 0 bridgehead atoms. The van der Waals surface area contributed by atoms with Crippen LogP contribution in [0, 0.1) is 0 Å². The number of amides is 1. The minimum absolute atomic E-state index is 0.0519. The number of benzene rings is 2. The second-order valence-corrected chi connectivity index (χ2v) is 4.89. The molecule has 1 heterocycles. The molecular weight excluding hydrogens is 246 g/mol. The van der Waals surface area contributed by atoms with E-state index in [1.54, 1.807) is 0 Å². The minimum atomic E-state index is -0.128. The lowest BCUT2D eigenvalue weighted by molar-refractivity contribution is -0.117. The van der Waals surface area contributed by atoms with Crippen LogP contribution in [-0.4, -0.2) is 5.91 Å². The van der Waals surface area contributed by atoms with Crippen LogP contribution in [0.5, 0.6) is 0 Å². The molecule has 0 radical (unpaired) electrons. The number of nitrogens with one attached hydrogen (secondary N) is 1.